The molecule has 0 bridgehead atoms. The molecule has 0 spiro atoms. The molecule has 20 heavy (non-hydrogen) atoms. The normalized spacial score (nSPS) is 10.8. The van der Waals surface area contributed by atoms with E-state index in [1.807, 2.05) is 55.1 Å². The Bertz CT molecular complexity index is 549. The standard InChI is InChI=1S/C15H20N4O/c1-12(2)16-10-15(20)18-14-6-3-5-13(9-14)11-19-8-4-7-17-19/h3-9,12,16H,10-11H2,1-2H3,(H,18,20). The van der Waals surface area contributed by atoms with Crippen molar-refractivity contribution in [3.05, 3.63) is 48.3 Å². The van der Waals surface area contributed by atoms with E-state index < -0.39 is 0 Å². The van der Waals surface area contributed by atoms with Gasteiger partial charge in [0, 0.05) is 24.1 Å². The molecule has 2 rings (SSSR count). The fraction of sp³-hybridized carbons (Fsp3) is 0.333. The highest BCUT2D eigenvalue weighted by atomic mass is 16.1. The minimum atomic E-state index is -0.0325. The number of aromatic nitrogens is 2. The molecule has 2 N–H and O–H groups in total. The number of nitrogens with zero attached hydrogens (tertiary/aromatic N) is 2. The SMILES string of the molecule is CC(C)NCC(=O)Nc1cccc(Cn2cccn2)c1. The number of nitrogens with one attached hydrogen (secondary N) is 2. The molecule has 106 valence electrons. The molecule has 0 aliphatic heterocycles. The third-order valence-electron chi connectivity index (χ3n) is 2.79. The zero-order valence-electron chi connectivity index (χ0n) is 11.8. The summed E-state index contributed by atoms with van der Waals surface area (Å²) in [7, 11) is 0. The zero-order valence-corrected chi connectivity index (χ0v) is 11.8. The third-order valence-corrected chi connectivity index (χ3v) is 2.79. The van der Waals surface area contributed by atoms with Crippen LogP contribution in [0.15, 0.2) is 42.7 Å². The molecule has 1 amide bonds. The van der Waals surface area contributed by atoms with Gasteiger partial charge in [-0.15, -0.1) is 0 Å². The summed E-state index contributed by atoms with van der Waals surface area (Å²) < 4.78 is 1.85. The molecule has 0 fully saturated rings. The average Bonchev–Trinajstić information content (AvgIpc) is 2.89. The smallest absolute Gasteiger partial charge is 0.238 e. The van der Waals surface area contributed by atoms with Crippen molar-refractivity contribution in [2.75, 3.05) is 11.9 Å². The molecule has 2 aromatic rings. The Hall–Kier alpha value is -2.14. The molecule has 5 nitrogen and oxygen atoms in total. The lowest BCUT2D eigenvalue weighted by Crippen LogP contribution is -2.32. The first-order chi connectivity index (χ1) is 9.63. The monoisotopic (exact) mass is 272 g/mol. The fourth-order valence-corrected chi connectivity index (χ4v) is 1.83. The summed E-state index contributed by atoms with van der Waals surface area (Å²) in [6.07, 6.45) is 3.67. The van der Waals surface area contributed by atoms with Crippen LogP contribution in [-0.2, 0) is 11.3 Å². The van der Waals surface area contributed by atoms with Crippen LogP contribution in [0.5, 0.6) is 0 Å². The summed E-state index contributed by atoms with van der Waals surface area (Å²) in [5.74, 6) is -0.0325. The summed E-state index contributed by atoms with van der Waals surface area (Å²) >= 11 is 0. The topological polar surface area (TPSA) is 59.0 Å². The zero-order chi connectivity index (χ0) is 14.4. The second-order valence-electron chi connectivity index (χ2n) is 4.99. The minimum Gasteiger partial charge on any atom is -0.325 e. The van der Waals surface area contributed by atoms with Crippen LogP contribution in [0.4, 0.5) is 5.69 Å². The van der Waals surface area contributed by atoms with Crippen LogP contribution in [0.1, 0.15) is 19.4 Å². The Morgan fingerprint density at radius 2 is 2.20 bits per heavy atom. The minimum absolute atomic E-state index is 0.0325. The number of hydrogen-bond acceptors (Lipinski definition) is 3. The maximum absolute atomic E-state index is 11.8. The van der Waals surface area contributed by atoms with Crippen LogP contribution in [0.2, 0.25) is 0 Å². The molecular weight excluding hydrogens is 252 g/mol. The van der Waals surface area contributed by atoms with Crippen LogP contribution in [0.3, 0.4) is 0 Å². The number of benzene rings is 1. The molecular formula is C15H20N4O. The Labute approximate surface area is 119 Å². The molecule has 0 radical (unpaired) electrons. The van der Waals surface area contributed by atoms with E-state index in [4.69, 9.17) is 0 Å². The fourth-order valence-electron chi connectivity index (χ4n) is 1.83. The summed E-state index contributed by atoms with van der Waals surface area (Å²) in [6, 6.07) is 10.00. The predicted octanol–water partition coefficient (Wildman–Crippen LogP) is 1.87. The van der Waals surface area contributed by atoms with Gasteiger partial charge < -0.3 is 10.6 Å². The van der Waals surface area contributed by atoms with Gasteiger partial charge in [-0.05, 0) is 23.8 Å². The molecule has 0 atom stereocenters. The maximum Gasteiger partial charge on any atom is 0.238 e. The van der Waals surface area contributed by atoms with Gasteiger partial charge in [0.2, 0.25) is 5.91 Å². The molecule has 0 saturated heterocycles. The number of carbonyl (C=O) groups is 1. The lowest BCUT2D eigenvalue weighted by Gasteiger charge is -2.10. The molecule has 0 aliphatic rings. The lowest BCUT2D eigenvalue weighted by molar-refractivity contribution is -0.115. The van der Waals surface area contributed by atoms with Crippen LogP contribution in [0, 0.1) is 0 Å². The second-order valence-corrected chi connectivity index (χ2v) is 4.99. The highest BCUT2D eigenvalue weighted by Crippen LogP contribution is 2.11. The Kier molecular flexibility index (Phi) is 4.90. The van der Waals surface area contributed by atoms with Gasteiger partial charge in [0.05, 0.1) is 13.1 Å². The van der Waals surface area contributed by atoms with Gasteiger partial charge in [0.1, 0.15) is 0 Å². The van der Waals surface area contributed by atoms with E-state index in [2.05, 4.69) is 15.7 Å². The summed E-state index contributed by atoms with van der Waals surface area (Å²) in [5.41, 5.74) is 1.91. The number of amides is 1. The van der Waals surface area contributed by atoms with Crippen molar-refractivity contribution in [1.82, 2.24) is 15.1 Å². The van der Waals surface area contributed by atoms with Gasteiger partial charge in [0.15, 0.2) is 0 Å². The Morgan fingerprint density at radius 1 is 1.35 bits per heavy atom. The van der Waals surface area contributed by atoms with Gasteiger partial charge in [-0.1, -0.05) is 26.0 Å². The van der Waals surface area contributed by atoms with Crippen LogP contribution < -0.4 is 10.6 Å². The summed E-state index contributed by atoms with van der Waals surface area (Å²) in [4.78, 5) is 11.8. The molecule has 0 unspecified atom stereocenters. The summed E-state index contributed by atoms with van der Waals surface area (Å²) in [5, 5.41) is 10.1. The average molecular weight is 272 g/mol. The first-order valence-corrected chi connectivity index (χ1v) is 6.73. The number of carbonyl (C=O) groups excluding carboxylic acids is 1. The van der Waals surface area contributed by atoms with Gasteiger partial charge in [-0.25, -0.2) is 0 Å². The number of anilines is 1. The predicted molar refractivity (Wildman–Crippen MR) is 79.5 cm³/mol. The van der Waals surface area contributed by atoms with E-state index in [9.17, 15) is 4.79 Å². The van der Waals surface area contributed by atoms with Gasteiger partial charge >= 0.3 is 0 Å². The van der Waals surface area contributed by atoms with E-state index in [-0.39, 0.29) is 5.91 Å². The van der Waals surface area contributed by atoms with Crippen molar-refractivity contribution < 1.29 is 4.79 Å². The van der Waals surface area contributed by atoms with Crippen LogP contribution in [0.25, 0.3) is 0 Å². The van der Waals surface area contributed by atoms with Crippen molar-refractivity contribution >= 4 is 11.6 Å². The number of hydrogen-bond donors (Lipinski definition) is 2. The highest BCUT2D eigenvalue weighted by molar-refractivity contribution is 5.92. The van der Waals surface area contributed by atoms with E-state index >= 15 is 0 Å². The van der Waals surface area contributed by atoms with Crippen molar-refractivity contribution in [3.8, 4) is 0 Å². The third kappa shape index (κ3) is 4.51. The van der Waals surface area contributed by atoms with Crippen LogP contribution >= 0.6 is 0 Å². The van der Waals surface area contributed by atoms with E-state index in [1.54, 1.807) is 6.20 Å². The van der Waals surface area contributed by atoms with Gasteiger partial charge in [0.25, 0.3) is 0 Å². The van der Waals surface area contributed by atoms with E-state index in [0.717, 1.165) is 11.3 Å². The first-order valence-electron chi connectivity index (χ1n) is 6.73. The number of rotatable bonds is 6. The van der Waals surface area contributed by atoms with Gasteiger partial charge in [-0.2, -0.15) is 5.10 Å². The van der Waals surface area contributed by atoms with Crippen molar-refractivity contribution in [3.63, 3.8) is 0 Å². The van der Waals surface area contributed by atoms with Crippen LogP contribution in [-0.4, -0.2) is 28.3 Å². The van der Waals surface area contributed by atoms with Crippen molar-refractivity contribution in [2.45, 2.75) is 26.4 Å². The molecule has 0 saturated carbocycles. The largest absolute Gasteiger partial charge is 0.325 e. The summed E-state index contributed by atoms with van der Waals surface area (Å²) in [6.45, 7) is 5.04. The second kappa shape index (κ2) is 6.86. The highest BCUT2D eigenvalue weighted by Gasteiger charge is 2.04. The van der Waals surface area contributed by atoms with Crippen molar-refractivity contribution in [2.24, 2.45) is 0 Å². The van der Waals surface area contributed by atoms with Crippen molar-refractivity contribution in [1.29, 1.82) is 0 Å². The first kappa shape index (κ1) is 14.3. The molecule has 5 heteroatoms. The Balaban J connectivity index is 1.94. The lowest BCUT2D eigenvalue weighted by atomic mass is 10.2. The quantitative estimate of drug-likeness (QED) is 0.844. The maximum atomic E-state index is 11.8. The Morgan fingerprint density at radius 3 is 2.90 bits per heavy atom. The molecule has 1 aromatic carbocycles. The molecule has 1 aromatic heterocycles. The molecule has 0 aliphatic carbocycles. The molecule has 1 heterocycles. The van der Waals surface area contributed by atoms with Gasteiger partial charge in [-0.3, -0.25) is 9.48 Å². The van der Waals surface area contributed by atoms with E-state index in [0.29, 0.717) is 19.1 Å². The van der Waals surface area contributed by atoms with E-state index in [1.165, 1.54) is 0 Å².